The van der Waals surface area contributed by atoms with Crippen LogP contribution in [0.3, 0.4) is 0 Å². The van der Waals surface area contributed by atoms with Crippen molar-refractivity contribution in [2.24, 2.45) is 11.8 Å². The maximum Gasteiger partial charge on any atom is 1.00 e. The summed E-state index contributed by atoms with van der Waals surface area (Å²) in [5.74, 6) is 0.0781. The number of carboxylic acid groups (broad SMARTS) is 1. The first kappa shape index (κ1) is 23.4. The zero-order valence-electron chi connectivity index (χ0n) is 15.8. The van der Waals surface area contributed by atoms with Crippen LogP contribution in [-0.4, -0.2) is 34.5 Å². The Balaban J connectivity index is 0.00000338. The summed E-state index contributed by atoms with van der Waals surface area (Å²) in [6.45, 7) is 2.05. The summed E-state index contributed by atoms with van der Waals surface area (Å²) in [4.78, 5) is 10.4. The number of hydrogen-bond donors (Lipinski definition) is 2. The number of rotatable bonds is 9. The first-order valence-corrected chi connectivity index (χ1v) is 9.26. The third-order valence-corrected chi connectivity index (χ3v) is 4.92. The van der Waals surface area contributed by atoms with Crippen LogP contribution >= 0.6 is 0 Å². The Bertz CT molecular complexity index is 528. The SMILES string of the molecule is CCC=CCC(O)C=CC1C(O)CC2OC(=CCCCC(=O)[O-])CC21.[Na+]. The largest absolute Gasteiger partial charge is 1.00 e. The molecule has 2 N–H and O–H groups in total. The van der Waals surface area contributed by atoms with Gasteiger partial charge in [0.15, 0.2) is 0 Å². The molecule has 1 saturated carbocycles. The van der Waals surface area contributed by atoms with Gasteiger partial charge in [0.2, 0.25) is 0 Å². The number of fused-ring (bicyclic) bond motifs is 1. The van der Waals surface area contributed by atoms with E-state index in [2.05, 4.69) is 6.92 Å². The van der Waals surface area contributed by atoms with Crippen molar-refractivity contribution >= 4 is 5.97 Å². The Morgan fingerprint density at radius 1 is 1.42 bits per heavy atom. The van der Waals surface area contributed by atoms with Gasteiger partial charge in [0.25, 0.3) is 0 Å². The van der Waals surface area contributed by atoms with Gasteiger partial charge in [0, 0.05) is 30.6 Å². The number of aliphatic hydroxyl groups excluding tert-OH is 2. The summed E-state index contributed by atoms with van der Waals surface area (Å²) < 4.78 is 5.91. The summed E-state index contributed by atoms with van der Waals surface area (Å²) in [6.07, 6.45) is 12.9. The quantitative estimate of drug-likeness (QED) is 0.303. The molecule has 5 atom stereocenters. The maximum absolute atomic E-state index is 10.4. The van der Waals surface area contributed by atoms with Gasteiger partial charge in [-0.3, -0.25) is 0 Å². The van der Waals surface area contributed by atoms with Crippen LogP contribution in [0, 0.1) is 11.8 Å². The minimum atomic E-state index is -1.02. The maximum atomic E-state index is 10.4. The summed E-state index contributed by atoms with van der Waals surface area (Å²) in [5, 5.41) is 30.7. The van der Waals surface area contributed by atoms with Gasteiger partial charge < -0.3 is 24.9 Å². The summed E-state index contributed by atoms with van der Waals surface area (Å²) >= 11 is 0. The second kappa shape index (κ2) is 12.0. The molecule has 0 aromatic heterocycles. The molecule has 140 valence electrons. The number of allylic oxidation sites excluding steroid dienone is 3. The van der Waals surface area contributed by atoms with E-state index in [1.54, 1.807) is 6.08 Å². The smallest absolute Gasteiger partial charge is 0.550 e. The molecule has 2 aliphatic rings. The van der Waals surface area contributed by atoms with Gasteiger partial charge >= 0.3 is 29.6 Å². The van der Waals surface area contributed by atoms with Crippen LogP contribution < -0.4 is 34.7 Å². The molecule has 0 aromatic carbocycles. The molecular formula is C20H29NaO5. The van der Waals surface area contributed by atoms with E-state index in [-0.39, 0.29) is 53.9 Å². The first-order chi connectivity index (χ1) is 12.0. The molecule has 1 aliphatic carbocycles. The molecule has 0 radical (unpaired) electrons. The van der Waals surface area contributed by atoms with E-state index in [9.17, 15) is 20.1 Å². The molecule has 0 bridgehead atoms. The predicted octanol–water partition coefficient (Wildman–Crippen LogP) is -1.15. The van der Waals surface area contributed by atoms with Crippen LogP contribution in [0.15, 0.2) is 36.1 Å². The van der Waals surface area contributed by atoms with E-state index in [4.69, 9.17) is 4.74 Å². The number of aliphatic hydroxyl groups is 2. The molecule has 2 rings (SSSR count). The van der Waals surface area contributed by atoms with Crippen LogP contribution in [-0.2, 0) is 9.53 Å². The monoisotopic (exact) mass is 372 g/mol. The zero-order valence-corrected chi connectivity index (χ0v) is 17.8. The van der Waals surface area contributed by atoms with Gasteiger partial charge in [0.1, 0.15) is 6.10 Å². The van der Waals surface area contributed by atoms with Crippen molar-refractivity contribution in [2.75, 3.05) is 0 Å². The molecule has 1 saturated heterocycles. The molecule has 6 heteroatoms. The van der Waals surface area contributed by atoms with Gasteiger partial charge in [-0.15, -0.1) is 0 Å². The van der Waals surface area contributed by atoms with Crippen molar-refractivity contribution in [2.45, 2.75) is 70.2 Å². The third-order valence-electron chi connectivity index (χ3n) is 4.92. The summed E-state index contributed by atoms with van der Waals surface area (Å²) in [7, 11) is 0. The van der Waals surface area contributed by atoms with E-state index in [0.29, 0.717) is 25.7 Å². The van der Waals surface area contributed by atoms with E-state index in [1.165, 1.54) is 0 Å². The second-order valence-electron chi connectivity index (χ2n) is 6.91. The fraction of sp³-hybridized carbons (Fsp3) is 0.650. The van der Waals surface area contributed by atoms with Crippen molar-refractivity contribution in [1.29, 1.82) is 0 Å². The van der Waals surface area contributed by atoms with Crippen molar-refractivity contribution in [3.05, 3.63) is 36.1 Å². The number of aliphatic carboxylic acids is 1. The molecule has 0 aromatic rings. The van der Waals surface area contributed by atoms with Gasteiger partial charge in [-0.2, -0.15) is 0 Å². The van der Waals surface area contributed by atoms with E-state index in [0.717, 1.165) is 18.6 Å². The zero-order chi connectivity index (χ0) is 18.2. The van der Waals surface area contributed by atoms with E-state index < -0.39 is 18.2 Å². The number of hydrogen-bond acceptors (Lipinski definition) is 5. The molecule has 5 nitrogen and oxygen atoms in total. The van der Waals surface area contributed by atoms with Crippen molar-refractivity contribution in [3.8, 4) is 0 Å². The number of carbonyl (C=O) groups is 1. The van der Waals surface area contributed by atoms with Crippen LogP contribution in [0.5, 0.6) is 0 Å². The fourth-order valence-corrected chi connectivity index (χ4v) is 3.63. The topological polar surface area (TPSA) is 89.8 Å². The Labute approximate surface area is 178 Å². The predicted molar refractivity (Wildman–Crippen MR) is 93.2 cm³/mol. The van der Waals surface area contributed by atoms with Crippen molar-refractivity contribution in [1.82, 2.24) is 0 Å². The summed E-state index contributed by atoms with van der Waals surface area (Å²) in [6, 6.07) is 0. The van der Waals surface area contributed by atoms with E-state index in [1.807, 2.05) is 24.3 Å². The first-order valence-electron chi connectivity index (χ1n) is 9.26. The van der Waals surface area contributed by atoms with E-state index >= 15 is 0 Å². The Morgan fingerprint density at radius 3 is 2.88 bits per heavy atom. The van der Waals surface area contributed by atoms with Gasteiger partial charge in [-0.1, -0.05) is 31.2 Å². The minimum Gasteiger partial charge on any atom is -0.550 e. The number of carbonyl (C=O) groups excluding carboxylic acids is 1. The average Bonchev–Trinajstić information content (AvgIpc) is 3.06. The van der Waals surface area contributed by atoms with Gasteiger partial charge in [-0.25, -0.2) is 0 Å². The molecule has 5 unspecified atom stereocenters. The molecule has 1 heterocycles. The van der Waals surface area contributed by atoms with Gasteiger partial charge in [-0.05, 0) is 38.2 Å². The molecular weight excluding hydrogens is 343 g/mol. The number of carboxylic acids is 1. The van der Waals surface area contributed by atoms with Crippen LogP contribution in [0.2, 0.25) is 0 Å². The molecule has 0 amide bonds. The standard InChI is InChI=1S/C20H30O5.Na/c1-2-3-4-7-14(21)10-11-16-17-12-15(8-5-6-9-20(23)24)25-19(17)13-18(16)22;/h3-4,8,10-11,14,16-19,21-22H,2,5-7,9,12-13H2,1H3,(H,23,24);/q;+1/p-1. The normalized spacial score (nSPS) is 30.5. The van der Waals surface area contributed by atoms with Gasteiger partial charge in [0.05, 0.1) is 18.0 Å². The van der Waals surface area contributed by atoms with Crippen LogP contribution in [0.1, 0.15) is 51.9 Å². The Hall–Kier alpha value is -0.590. The Morgan fingerprint density at radius 2 is 2.19 bits per heavy atom. The summed E-state index contributed by atoms with van der Waals surface area (Å²) in [5.41, 5.74) is 0. The van der Waals surface area contributed by atoms with Crippen molar-refractivity contribution < 1.29 is 54.4 Å². The third kappa shape index (κ3) is 7.20. The molecule has 0 spiro atoms. The van der Waals surface area contributed by atoms with Crippen molar-refractivity contribution in [3.63, 3.8) is 0 Å². The molecule has 26 heavy (non-hydrogen) atoms. The number of ether oxygens (including phenoxy) is 1. The fourth-order valence-electron chi connectivity index (χ4n) is 3.63. The molecule has 1 aliphatic heterocycles. The van der Waals surface area contributed by atoms with Crippen LogP contribution in [0.4, 0.5) is 0 Å². The van der Waals surface area contributed by atoms with Crippen LogP contribution in [0.25, 0.3) is 0 Å². The Kier molecular flexibility index (Phi) is 10.8. The minimum absolute atomic E-state index is 0. The molecule has 2 fully saturated rings. The number of unbranched alkanes of at least 4 members (excludes halogenated alkanes) is 1. The second-order valence-corrected chi connectivity index (χ2v) is 6.91. The average molecular weight is 372 g/mol.